The van der Waals surface area contributed by atoms with Crippen molar-refractivity contribution < 1.29 is 14.3 Å². The Labute approximate surface area is 130 Å². The molecular weight excluding hydrogens is 369 g/mol. The van der Waals surface area contributed by atoms with Crippen molar-refractivity contribution in [1.82, 2.24) is 0 Å². The number of hydrogen-bond acceptors (Lipinski definition) is 3. The van der Waals surface area contributed by atoms with Gasteiger partial charge in [0.15, 0.2) is 5.75 Å². The van der Waals surface area contributed by atoms with Gasteiger partial charge in [-0.15, -0.1) is 0 Å². The summed E-state index contributed by atoms with van der Waals surface area (Å²) in [6.07, 6.45) is 0. The first-order valence-electron chi connectivity index (χ1n) is 5.91. The summed E-state index contributed by atoms with van der Waals surface area (Å²) in [6.45, 7) is 1.40. The molecule has 0 aliphatic heterocycles. The third kappa shape index (κ3) is 3.57. The molecule has 2 aromatic rings. The van der Waals surface area contributed by atoms with Crippen LogP contribution in [0.3, 0.4) is 0 Å². The van der Waals surface area contributed by atoms with E-state index in [1.807, 2.05) is 12.1 Å². The molecule has 2 aromatic carbocycles. The number of para-hydroxylation sites is 2. The number of ether oxygens (including phenoxy) is 1. The van der Waals surface area contributed by atoms with Crippen molar-refractivity contribution in [2.75, 3.05) is 5.32 Å². The van der Waals surface area contributed by atoms with Crippen LogP contribution in [-0.2, 0) is 4.79 Å². The maximum absolute atomic E-state index is 12.1. The van der Waals surface area contributed by atoms with Crippen LogP contribution in [0.15, 0.2) is 48.5 Å². The van der Waals surface area contributed by atoms with Crippen LogP contribution in [-0.4, -0.2) is 11.9 Å². The van der Waals surface area contributed by atoms with Crippen molar-refractivity contribution in [3.63, 3.8) is 0 Å². The Kier molecular flexibility index (Phi) is 4.73. The lowest BCUT2D eigenvalue weighted by molar-refractivity contribution is -0.114. The summed E-state index contributed by atoms with van der Waals surface area (Å²) in [4.78, 5) is 23.3. The number of anilines is 1. The summed E-state index contributed by atoms with van der Waals surface area (Å²) in [5.74, 6) is -0.344. The van der Waals surface area contributed by atoms with Gasteiger partial charge in [-0.25, -0.2) is 4.79 Å². The Morgan fingerprint density at radius 2 is 1.70 bits per heavy atom. The molecule has 0 atom stereocenters. The van der Waals surface area contributed by atoms with Crippen LogP contribution in [0.25, 0.3) is 0 Å². The fourth-order valence-corrected chi connectivity index (χ4v) is 2.24. The molecule has 0 spiro atoms. The number of nitrogens with one attached hydrogen (secondary N) is 1. The summed E-state index contributed by atoms with van der Waals surface area (Å²) in [6, 6.07) is 14.0. The van der Waals surface area contributed by atoms with Crippen LogP contribution in [0.4, 0.5) is 5.69 Å². The monoisotopic (exact) mass is 381 g/mol. The van der Waals surface area contributed by atoms with Crippen molar-refractivity contribution in [2.24, 2.45) is 0 Å². The van der Waals surface area contributed by atoms with Gasteiger partial charge in [-0.1, -0.05) is 24.3 Å². The van der Waals surface area contributed by atoms with Crippen LogP contribution >= 0.6 is 22.6 Å². The number of carbonyl (C=O) groups excluding carboxylic acids is 2. The van der Waals surface area contributed by atoms with Crippen LogP contribution < -0.4 is 10.1 Å². The summed E-state index contributed by atoms with van der Waals surface area (Å²) in [7, 11) is 0. The van der Waals surface area contributed by atoms with Gasteiger partial charge in [-0.05, 0) is 46.9 Å². The second-order valence-corrected chi connectivity index (χ2v) is 5.21. The standard InChI is InChI=1S/C15H12INO3/c1-10(18)17-13-8-4-5-9-14(13)20-15(19)11-6-2-3-7-12(11)16/h2-9H,1H3,(H,17,18). The molecule has 0 bridgehead atoms. The fraction of sp³-hybridized carbons (Fsp3) is 0.0667. The number of esters is 1. The highest BCUT2D eigenvalue weighted by Gasteiger charge is 2.14. The third-order valence-corrected chi connectivity index (χ3v) is 3.43. The third-order valence-electron chi connectivity index (χ3n) is 2.49. The van der Waals surface area contributed by atoms with Crippen molar-refractivity contribution in [1.29, 1.82) is 0 Å². The van der Waals surface area contributed by atoms with E-state index in [-0.39, 0.29) is 5.91 Å². The zero-order valence-corrected chi connectivity index (χ0v) is 12.9. The summed E-state index contributed by atoms with van der Waals surface area (Å²) >= 11 is 2.08. The predicted octanol–water partition coefficient (Wildman–Crippen LogP) is 3.47. The van der Waals surface area contributed by atoms with E-state index in [0.717, 1.165) is 3.57 Å². The summed E-state index contributed by atoms with van der Waals surface area (Å²) in [5, 5.41) is 2.63. The second-order valence-electron chi connectivity index (χ2n) is 4.05. The highest BCUT2D eigenvalue weighted by atomic mass is 127. The molecule has 0 radical (unpaired) electrons. The maximum atomic E-state index is 12.1. The minimum Gasteiger partial charge on any atom is -0.421 e. The minimum atomic E-state index is -0.451. The van der Waals surface area contributed by atoms with Gasteiger partial charge in [0.25, 0.3) is 0 Å². The first-order chi connectivity index (χ1) is 9.58. The Morgan fingerprint density at radius 3 is 2.40 bits per heavy atom. The molecule has 0 saturated carbocycles. The summed E-state index contributed by atoms with van der Waals surface area (Å²) in [5.41, 5.74) is 0.963. The first kappa shape index (κ1) is 14.5. The van der Waals surface area contributed by atoms with Crippen molar-refractivity contribution in [3.8, 4) is 5.75 Å². The topological polar surface area (TPSA) is 55.4 Å². The zero-order valence-electron chi connectivity index (χ0n) is 10.7. The van der Waals surface area contributed by atoms with Gasteiger partial charge in [0, 0.05) is 10.5 Å². The molecule has 1 amide bonds. The van der Waals surface area contributed by atoms with E-state index in [1.165, 1.54) is 6.92 Å². The van der Waals surface area contributed by atoms with Crippen molar-refractivity contribution in [2.45, 2.75) is 6.92 Å². The lowest BCUT2D eigenvalue weighted by Crippen LogP contribution is -2.13. The number of carbonyl (C=O) groups is 2. The molecule has 0 aromatic heterocycles. The molecule has 1 N–H and O–H groups in total. The molecule has 4 nitrogen and oxygen atoms in total. The highest BCUT2D eigenvalue weighted by Crippen LogP contribution is 2.25. The van der Waals surface area contributed by atoms with E-state index in [2.05, 4.69) is 27.9 Å². The molecule has 0 aliphatic rings. The van der Waals surface area contributed by atoms with Gasteiger partial charge in [0.1, 0.15) is 0 Å². The SMILES string of the molecule is CC(=O)Nc1ccccc1OC(=O)c1ccccc1I. The van der Waals surface area contributed by atoms with E-state index in [1.54, 1.807) is 36.4 Å². The quantitative estimate of drug-likeness (QED) is 0.503. The Morgan fingerprint density at radius 1 is 1.05 bits per heavy atom. The van der Waals surface area contributed by atoms with E-state index in [4.69, 9.17) is 4.74 Å². The number of hydrogen-bond donors (Lipinski definition) is 1. The normalized spacial score (nSPS) is 9.90. The van der Waals surface area contributed by atoms with E-state index >= 15 is 0 Å². The summed E-state index contributed by atoms with van der Waals surface area (Å²) < 4.78 is 6.17. The molecule has 2 rings (SSSR count). The number of rotatable bonds is 3. The molecule has 20 heavy (non-hydrogen) atoms. The van der Waals surface area contributed by atoms with E-state index in [0.29, 0.717) is 17.0 Å². The molecule has 0 saturated heterocycles. The number of halogens is 1. The molecule has 0 aliphatic carbocycles. The highest BCUT2D eigenvalue weighted by molar-refractivity contribution is 14.1. The number of benzene rings is 2. The van der Waals surface area contributed by atoms with Gasteiger partial charge >= 0.3 is 5.97 Å². The largest absolute Gasteiger partial charge is 0.421 e. The van der Waals surface area contributed by atoms with Crippen molar-refractivity contribution in [3.05, 3.63) is 57.7 Å². The zero-order chi connectivity index (χ0) is 14.5. The van der Waals surface area contributed by atoms with Crippen molar-refractivity contribution >= 4 is 40.2 Å². The molecule has 5 heteroatoms. The van der Waals surface area contributed by atoms with Gasteiger partial charge in [0.05, 0.1) is 11.3 Å². The fourth-order valence-electron chi connectivity index (χ4n) is 1.63. The van der Waals surface area contributed by atoms with Gasteiger partial charge in [-0.3, -0.25) is 4.79 Å². The maximum Gasteiger partial charge on any atom is 0.344 e. The van der Waals surface area contributed by atoms with Crippen LogP contribution in [0.2, 0.25) is 0 Å². The average Bonchev–Trinajstić information content (AvgIpc) is 2.41. The van der Waals surface area contributed by atoms with E-state index in [9.17, 15) is 9.59 Å². The van der Waals surface area contributed by atoms with Crippen LogP contribution in [0.5, 0.6) is 5.75 Å². The van der Waals surface area contributed by atoms with Crippen LogP contribution in [0, 0.1) is 3.57 Å². The van der Waals surface area contributed by atoms with Crippen LogP contribution in [0.1, 0.15) is 17.3 Å². The molecule has 0 unspecified atom stereocenters. The van der Waals surface area contributed by atoms with Gasteiger partial charge in [0.2, 0.25) is 5.91 Å². The Bertz CT molecular complexity index is 655. The lowest BCUT2D eigenvalue weighted by Gasteiger charge is -2.10. The molecular formula is C15H12INO3. The Balaban J connectivity index is 2.24. The predicted molar refractivity (Wildman–Crippen MR) is 84.9 cm³/mol. The molecule has 102 valence electrons. The average molecular weight is 381 g/mol. The Hall–Kier alpha value is -1.89. The number of amides is 1. The van der Waals surface area contributed by atoms with Gasteiger partial charge < -0.3 is 10.1 Å². The molecule has 0 heterocycles. The van der Waals surface area contributed by atoms with Gasteiger partial charge in [-0.2, -0.15) is 0 Å². The first-order valence-corrected chi connectivity index (χ1v) is 6.99. The lowest BCUT2D eigenvalue weighted by atomic mass is 10.2. The molecule has 0 fully saturated rings. The minimum absolute atomic E-state index is 0.220. The smallest absolute Gasteiger partial charge is 0.344 e. The van der Waals surface area contributed by atoms with E-state index < -0.39 is 5.97 Å². The second kappa shape index (κ2) is 6.51.